The number of alkyl halides is 2. The Morgan fingerprint density at radius 3 is 2.38 bits per heavy atom. The van der Waals surface area contributed by atoms with Crippen molar-refractivity contribution in [1.29, 1.82) is 0 Å². The minimum absolute atomic E-state index is 0.229. The molecular weight excluding hydrogens is 114 g/mol. The quantitative estimate of drug-likeness (QED) is 0.456. The van der Waals surface area contributed by atoms with Crippen molar-refractivity contribution >= 4 is 0 Å². The van der Waals surface area contributed by atoms with E-state index in [1.165, 1.54) is 0 Å². The zero-order valence-corrected chi connectivity index (χ0v) is 4.32. The van der Waals surface area contributed by atoms with E-state index in [2.05, 4.69) is 5.32 Å². The molecule has 0 aromatic heterocycles. The van der Waals surface area contributed by atoms with Crippen LogP contribution in [-0.2, 0) is 0 Å². The van der Waals surface area contributed by atoms with E-state index in [9.17, 15) is 8.78 Å². The highest BCUT2D eigenvalue weighted by Crippen LogP contribution is 2.19. The molecule has 0 radical (unpaired) electrons. The zero-order chi connectivity index (χ0) is 6.20. The fourth-order valence-corrected chi connectivity index (χ4v) is 0.675. The topological polar surface area (TPSA) is 38.0 Å². The molecule has 0 aromatic rings. The van der Waals surface area contributed by atoms with Gasteiger partial charge in [0, 0.05) is 6.54 Å². The molecule has 0 saturated carbocycles. The van der Waals surface area contributed by atoms with E-state index in [-0.39, 0.29) is 13.1 Å². The lowest BCUT2D eigenvalue weighted by molar-refractivity contribution is 0.00814. The number of nitrogens with two attached hydrogens (primary N) is 1. The zero-order valence-electron chi connectivity index (χ0n) is 4.32. The van der Waals surface area contributed by atoms with Crippen molar-refractivity contribution in [2.75, 3.05) is 13.1 Å². The first-order valence-corrected chi connectivity index (χ1v) is 2.47. The number of hydrogen-bond acceptors (Lipinski definition) is 2. The summed E-state index contributed by atoms with van der Waals surface area (Å²) in [5.74, 6) is -2.68. The first-order chi connectivity index (χ1) is 3.63. The molecular formula is C4H8F2N2. The number of nitrogens with one attached hydrogen (secondary N) is 1. The average molecular weight is 122 g/mol. The first kappa shape index (κ1) is 5.91. The summed E-state index contributed by atoms with van der Waals surface area (Å²) in [4.78, 5) is 0. The molecule has 1 saturated heterocycles. The maximum atomic E-state index is 12.2. The minimum atomic E-state index is -2.68. The van der Waals surface area contributed by atoms with Gasteiger partial charge in [0.15, 0.2) is 0 Å². The van der Waals surface area contributed by atoms with Crippen LogP contribution in [0.1, 0.15) is 0 Å². The van der Waals surface area contributed by atoms with Gasteiger partial charge < -0.3 is 11.1 Å². The molecule has 2 nitrogen and oxygen atoms in total. The molecule has 1 fully saturated rings. The van der Waals surface area contributed by atoms with Crippen molar-refractivity contribution in [1.82, 2.24) is 5.32 Å². The highest BCUT2D eigenvalue weighted by atomic mass is 19.3. The SMILES string of the molecule is NC1CNCC1(F)F. The van der Waals surface area contributed by atoms with E-state index in [4.69, 9.17) is 5.73 Å². The molecule has 48 valence electrons. The van der Waals surface area contributed by atoms with Crippen LogP contribution in [0.4, 0.5) is 8.78 Å². The summed E-state index contributed by atoms with van der Waals surface area (Å²) in [6.07, 6.45) is 0. The summed E-state index contributed by atoms with van der Waals surface area (Å²) in [6, 6.07) is -0.984. The van der Waals surface area contributed by atoms with Crippen LogP contribution in [0.3, 0.4) is 0 Å². The number of hydrogen-bond donors (Lipinski definition) is 2. The summed E-state index contributed by atoms with van der Waals surface area (Å²) in [5, 5.41) is 2.49. The monoisotopic (exact) mass is 122 g/mol. The Kier molecular flexibility index (Phi) is 1.21. The largest absolute Gasteiger partial charge is 0.322 e. The molecule has 0 spiro atoms. The lowest BCUT2D eigenvalue weighted by Crippen LogP contribution is -2.38. The van der Waals surface area contributed by atoms with E-state index in [1.807, 2.05) is 0 Å². The van der Waals surface area contributed by atoms with Crippen LogP contribution in [0.25, 0.3) is 0 Å². The molecule has 0 aromatic carbocycles. The molecule has 0 aliphatic carbocycles. The molecule has 4 heteroatoms. The third-order valence-electron chi connectivity index (χ3n) is 1.27. The Balaban J connectivity index is 2.54. The predicted molar refractivity (Wildman–Crippen MR) is 25.8 cm³/mol. The summed E-state index contributed by atoms with van der Waals surface area (Å²) in [5.41, 5.74) is 5.00. The van der Waals surface area contributed by atoms with Crippen LogP contribution in [0, 0.1) is 0 Å². The van der Waals surface area contributed by atoms with Gasteiger partial charge in [0.25, 0.3) is 5.92 Å². The van der Waals surface area contributed by atoms with Gasteiger partial charge >= 0.3 is 0 Å². The molecule has 1 aliphatic rings. The highest BCUT2D eigenvalue weighted by Gasteiger charge is 2.41. The first-order valence-electron chi connectivity index (χ1n) is 2.47. The standard InChI is InChI=1S/C4H8F2N2/c5-4(6)2-8-1-3(4)7/h3,8H,1-2,7H2. The molecule has 0 amide bonds. The summed E-state index contributed by atoms with van der Waals surface area (Å²) in [7, 11) is 0. The van der Waals surface area contributed by atoms with Gasteiger partial charge in [-0.15, -0.1) is 0 Å². The van der Waals surface area contributed by atoms with Gasteiger partial charge in [-0.2, -0.15) is 0 Å². The Morgan fingerprint density at radius 2 is 2.25 bits per heavy atom. The average Bonchev–Trinajstić information content (AvgIpc) is 1.86. The molecule has 0 bridgehead atoms. The van der Waals surface area contributed by atoms with E-state index in [0.29, 0.717) is 0 Å². The normalized spacial score (nSPS) is 35.6. The van der Waals surface area contributed by atoms with Crippen LogP contribution in [-0.4, -0.2) is 25.1 Å². The van der Waals surface area contributed by atoms with Gasteiger partial charge in [-0.25, -0.2) is 8.78 Å². The van der Waals surface area contributed by atoms with Crippen LogP contribution >= 0.6 is 0 Å². The minimum Gasteiger partial charge on any atom is -0.322 e. The third-order valence-corrected chi connectivity index (χ3v) is 1.27. The fraction of sp³-hybridized carbons (Fsp3) is 1.00. The third kappa shape index (κ3) is 0.809. The van der Waals surface area contributed by atoms with Crippen molar-refractivity contribution in [3.63, 3.8) is 0 Å². The smallest absolute Gasteiger partial charge is 0.276 e. The van der Waals surface area contributed by atoms with Crippen molar-refractivity contribution in [2.24, 2.45) is 5.73 Å². The molecule has 1 rings (SSSR count). The maximum Gasteiger partial charge on any atom is 0.276 e. The predicted octanol–water partition coefficient (Wildman–Crippen LogP) is -0.448. The Bertz CT molecular complexity index is 94.0. The molecule has 3 N–H and O–H groups in total. The van der Waals surface area contributed by atoms with Crippen LogP contribution in [0.5, 0.6) is 0 Å². The van der Waals surface area contributed by atoms with Gasteiger partial charge in [-0.05, 0) is 0 Å². The van der Waals surface area contributed by atoms with E-state index in [1.54, 1.807) is 0 Å². The van der Waals surface area contributed by atoms with Crippen LogP contribution in [0.15, 0.2) is 0 Å². The van der Waals surface area contributed by atoms with Gasteiger partial charge in [-0.1, -0.05) is 0 Å². The highest BCUT2D eigenvalue weighted by molar-refractivity contribution is 4.90. The maximum absolute atomic E-state index is 12.2. The van der Waals surface area contributed by atoms with Crippen LogP contribution in [0.2, 0.25) is 0 Å². The summed E-state index contributed by atoms with van der Waals surface area (Å²) in [6.45, 7) is -0.0405. The molecule has 8 heavy (non-hydrogen) atoms. The fourth-order valence-electron chi connectivity index (χ4n) is 0.675. The van der Waals surface area contributed by atoms with E-state index < -0.39 is 12.0 Å². The van der Waals surface area contributed by atoms with Crippen molar-refractivity contribution < 1.29 is 8.78 Å². The van der Waals surface area contributed by atoms with Crippen molar-refractivity contribution in [3.8, 4) is 0 Å². The second-order valence-electron chi connectivity index (χ2n) is 2.00. The summed E-state index contributed by atoms with van der Waals surface area (Å²) < 4.78 is 24.3. The second-order valence-corrected chi connectivity index (χ2v) is 2.00. The van der Waals surface area contributed by atoms with Gasteiger partial charge in [0.2, 0.25) is 0 Å². The molecule has 1 aliphatic heterocycles. The van der Waals surface area contributed by atoms with Crippen molar-refractivity contribution in [3.05, 3.63) is 0 Å². The number of rotatable bonds is 0. The van der Waals surface area contributed by atoms with E-state index in [0.717, 1.165) is 0 Å². The number of halogens is 2. The lowest BCUT2D eigenvalue weighted by Gasteiger charge is -2.10. The second kappa shape index (κ2) is 1.63. The Labute approximate surface area is 46.0 Å². The van der Waals surface area contributed by atoms with Gasteiger partial charge in [0.05, 0.1) is 12.6 Å². The summed E-state index contributed by atoms with van der Waals surface area (Å²) >= 11 is 0. The molecule has 1 unspecified atom stereocenters. The Hall–Kier alpha value is -0.220. The van der Waals surface area contributed by atoms with Crippen molar-refractivity contribution in [2.45, 2.75) is 12.0 Å². The molecule has 1 atom stereocenters. The van der Waals surface area contributed by atoms with Crippen LogP contribution < -0.4 is 11.1 Å². The van der Waals surface area contributed by atoms with Gasteiger partial charge in [-0.3, -0.25) is 0 Å². The van der Waals surface area contributed by atoms with Gasteiger partial charge in [0.1, 0.15) is 0 Å². The lowest BCUT2D eigenvalue weighted by atomic mass is 10.2. The molecule has 1 heterocycles. The van der Waals surface area contributed by atoms with E-state index >= 15 is 0 Å². The Morgan fingerprint density at radius 1 is 1.62 bits per heavy atom.